The first-order valence-electron chi connectivity index (χ1n) is 4.56. The molecule has 1 atom stereocenters. The quantitative estimate of drug-likeness (QED) is 0.672. The number of carbonyl (C=O) groups excluding carboxylic acids is 1. The van der Waals surface area contributed by atoms with Gasteiger partial charge in [-0.15, -0.1) is 0 Å². The average Bonchev–Trinajstić information content (AvgIpc) is 2.22. The number of esters is 1. The average molecular weight is 210 g/mol. The van der Waals surface area contributed by atoms with Crippen molar-refractivity contribution in [1.29, 1.82) is 0 Å². The number of nitrogens with one attached hydrogen (secondary N) is 1. The number of methoxy groups -OCH3 is 1. The molecule has 0 aliphatic carbocycles. The monoisotopic (exact) mass is 210 g/mol. The molecule has 1 aromatic heterocycles. The number of pyridine rings is 1. The third kappa shape index (κ3) is 2.92. The van der Waals surface area contributed by atoms with Crippen LogP contribution in [0.25, 0.3) is 0 Å². The van der Waals surface area contributed by atoms with Crippen LogP contribution in [0, 0.1) is 6.92 Å². The van der Waals surface area contributed by atoms with E-state index in [4.69, 9.17) is 5.73 Å². The van der Waals surface area contributed by atoms with E-state index in [1.807, 2.05) is 0 Å². The second kappa shape index (κ2) is 4.75. The molecular weight excluding hydrogens is 196 g/mol. The number of aromatic nitrogens is 1. The molecule has 1 rings (SSSR count). The van der Waals surface area contributed by atoms with Crippen molar-refractivity contribution in [3.8, 4) is 0 Å². The Labute approximate surface area is 87.3 Å². The molecule has 0 spiro atoms. The van der Waals surface area contributed by atoms with Crippen LogP contribution in [0.1, 0.15) is 11.1 Å². The van der Waals surface area contributed by atoms with Crippen molar-refractivity contribution in [2.45, 2.75) is 19.4 Å². The summed E-state index contributed by atoms with van der Waals surface area (Å²) < 4.78 is 4.50. The largest absolute Gasteiger partial charge is 0.468 e. The van der Waals surface area contributed by atoms with E-state index in [0.29, 0.717) is 12.0 Å². The van der Waals surface area contributed by atoms with Crippen molar-refractivity contribution in [2.75, 3.05) is 7.11 Å². The summed E-state index contributed by atoms with van der Waals surface area (Å²) in [6, 6.07) is 1.02. The van der Waals surface area contributed by atoms with E-state index in [9.17, 15) is 9.59 Å². The van der Waals surface area contributed by atoms with Crippen LogP contribution in [0.2, 0.25) is 0 Å². The Balaban J connectivity index is 2.77. The third-order valence-electron chi connectivity index (χ3n) is 2.11. The summed E-state index contributed by atoms with van der Waals surface area (Å²) in [6.07, 6.45) is 1.91. The predicted molar refractivity (Wildman–Crippen MR) is 55.5 cm³/mol. The molecule has 0 saturated carbocycles. The first-order chi connectivity index (χ1) is 7.04. The smallest absolute Gasteiger partial charge is 0.322 e. The van der Waals surface area contributed by atoms with Gasteiger partial charge in [-0.05, 0) is 25.0 Å². The highest BCUT2D eigenvalue weighted by Gasteiger charge is 2.14. The number of hydrogen-bond donors (Lipinski definition) is 2. The van der Waals surface area contributed by atoms with Crippen molar-refractivity contribution in [3.05, 3.63) is 33.7 Å². The summed E-state index contributed by atoms with van der Waals surface area (Å²) in [5.41, 5.74) is 6.86. The van der Waals surface area contributed by atoms with Crippen LogP contribution < -0.4 is 11.3 Å². The molecule has 0 unspecified atom stereocenters. The van der Waals surface area contributed by atoms with Gasteiger partial charge in [-0.2, -0.15) is 0 Å². The lowest BCUT2D eigenvalue weighted by Gasteiger charge is -2.08. The van der Waals surface area contributed by atoms with Gasteiger partial charge in [-0.25, -0.2) is 0 Å². The normalized spacial score (nSPS) is 12.2. The minimum atomic E-state index is -0.694. The Morgan fingerprint density at radius 3 is 2.87 bits per heavy atom. The Hall–Kier alpha value is -1.62. The zero-order valence-electron chi connectivity index (χ0n) is 8.74. The van der Waals surface area contributed by atoms with Crippen LogP contribution in [0.4, 0.5) is 0 Å². The van der Waals surface area contributed by atoms with Crippen LogP contribution in [-0.4, -0.2) is 24.1 Å². The standard InChI is InChI=1S/C10H14N2O3/c1-6-3-7(5-12-9(6)13)4-8(11)10(14)15-2/h3,5,8H,4,11H2,1-2H3,(H,12,13)/t8-/m0/s1. The molecule has 0 saturated heterocycles. The maximum Gasteiger partial charge on any atom is 0.322 e. The summed E-state index contributed by atoms with van der Waals surface area (Å²) in [7, 11) is 1.29. The van der Waals surface area contributed by atoms with E-state index >= 15 is 0 Å². The molecule has 5 nitrogen and oxygen atoms in total. The maximum absolute atomic E-state index is 11.1. The fraction of sp³-hybridized carbons (Fsp3) is 0.400. The van der Waals surface area contributed by atoms with Crippen LogP contribution >= 0.6 is 0 Å². The summed E-state index contributed by atoms with van der Waals surface area (Å²) >= 11 is 0. The van der Waals surface area contributed by atoms with Gasteiger partial charge in [-0.1, -0.05) is 0 Å². The van der Waals surface area contributed by atoms with E-state index < -0.39 is 12.0 Å². The maximum atomic E-state index is 11.1. The second-order valence-electron chi connectivity index (χ2n) is 3.35. The van der Waals surface area contributed by atoms with Gasteiger partial charge in [0.1, 0.15) is 6.04 Å². The molecule has 1 heterocycles. The lowest BCUT2D eigenvalue weighted by Crippen LogP contribution is -2.33. The second-order valence-corrected chi connectivity index (χ2v) is 3.35. The molecule has 15 heavy (non-hydrogen) atoms. The molecular formula is C10H14N2O3. The van der Waals surface area contributed by atoms with E-state index in [2.05, 4.69) is 9.72 Å². The number of carbonyl (C=O) groups is 1. The van der Waals surface area contributed by atoms with E-state index in [1.54, 1.807) is 19.2 Å². The van der Waals surface area contributed by atoms with Gasteiger partial charge in [0.15, 0.2) is 0 Å². The number of H-pyrrole nitrogens is 1. The van der Waals surface area contributed by atoms with Gasteiger partial charge in [0.25, 0.3) is 5.56 Å². The molecule has 82 valence electrons. The van der Waals surface area contributed by atoms with Crippen molar-refractivity contribution in [1.82, 2.24) is 4.98 Å². The molecule has 0 aliphatic rings. The highest BCUT2D eigenvalue weighted by Crippen LogP contribution is 2.01. The zero-order chi connectivity index (χ0) is 11.4. The molecule has 0 amide bonds. The Kier molecular flexibility index (Phi) is 3.62. The summed E-state index contributed by atoms with van der Waals surface area (Å²) in [6.45, 7) is 1.70. The lowest BCUT2D eigenvalue weighted by molar-refractivity contribution is -0.142. The Bertz CT molecular complexity index is 411. The van der Waals surface area contributed by atoms with Gasteiger partial charge in [-0.3, -0.25) is 9.59 Å². The first-order valence-corrected chi connectivity index (χ1v) is 4.56. The fourth-order valence-electron chi connectivity index (χ4n) is 1.26. The SMILES string of the molecule is COC(=O)[C@@H](N)Cc1c[nH]c(=O)c(C)c1. The van der Waals surface area contributed by atoms with Crippen molar-refractivity contribution in [3.63, 3.8) is 0 Å². The highest BCUT2D eigenvalue weighted by atomic mass is 16.5. The first kappa shape index (κ1) is 11.5. The molecule has 0 radical (unpaired) electrons. The van der Waals surface area contributed by atoms with Gasteiger partial charge in [0.2, 0.25) is 0 Å². The number of rotatable bonds is 3. The Morgan fingerprint density at radius 2 is 2.33 bits per heavy atom. The fourth-order valence-corrected chi connectivity index (χ4v) is 1.26. The minimum absolute atomic E-state index is 0.134. The minimum Gasteiger partial charge on any atom is -0.468 e. The topological polar surface area (TPSA) is 85.2 Å². The van der Waals surface area contributed by atoms with E-state index in [-0.39, 0.29) is 5.56 Å². The van der Waals surface area contributed by atoms with Crippen molar-refractivity contribution in [2.24, 2.45) is 5.73 Å². The molecule has 0 aromatic carbocycles. The van der Waals surface area contributed by atoms with Crippen LogP contribution in [0.3, 0.4) is 0 Å². The van der Waals surface area contributed by atoms with Gasteiger partial charge in [0, 0.05) is 11.8 Å². The lowest BCUT2D eigenvalue weighted by atomic mass is 10.1. The van der Waals surface area contributed by atoms with Crippen LogP contribution in [0.5, 0.6) is 0 Å². The van der Waals surface area contributed by atoms with Gasteiger partial charge in [0.05, 0.1) is 7.11 Å². The molecule has 0 bridgehead atoms. The van der Waals surface area contributed by atoms with Gasteiger partial charge >= 0.3 is 5.97 Å². The summed E-state index contributed by atoms with van der Waals surface area (Å²) in [5.74, 6) is -0.459. The van der Waals surface area contributed by atoms with Crippen LogP contribution in [-0.2, 0) is 16.0 Å². The molecule has 0 fully saturated rings. The third-order valence-corrected chi connectivity index (χ3v) is 2.11. The Morgan fingerprint density at radius 1 is 1.67 bits per heavy atom. The van der Waals surface area contributed by atoms with E-state index in [0.717, 1.165) is 5.56 Å². The van der Waals surface area contributed by atoms with E-state index in [1.165, 1.54) is 7.11 Å². The van der Waals surface area contributed by atoms with Crippen molar-refractivity contribution >= 4 is 5.97 Å². The number of ether oxygens (including phenoxy) is 1. The van der Waals surface area contributed by atoms with Gasteiger partial charge < -0.3 is 15.5 Å². The highest BCUT2D eigenvalue weighted by molar-refractivity contribution is 5.75. The number of hydrogen-bond acceptors (Lipinski definition) is 4. The molecule has 1 aromatic rings. The number of aromatic amines is 1. The number of nitrogens with two attached hydrogens (primary N) is 1. The predicted octanol–water partition coefficient (Wildman–Crippen LogP) is -0.274. The summed E-state index contributed by atoms with van der Waals surface area (Å²) in [5, 5.41) is 0. The number of aryl methyl sites for hydroxylation is 1. The van der Waals surface area contributed by atoms with Crippen molar-refractivity contribution < 1.29 is 9.53 Å². The molecule has 3 N–H and O–H groups in total. The zero-order valence-corrected chi connectivity index (χ0v) is 8.74. The van der Waals surface area contributed by atoms with Crippen LogP contribution in [0.15, 0.2) is 17.1 Å². The summed E-state index contributed by atoms with van der Waals surface area (Å²) in [4.78, 5) is 24.7. The molecule has 5 heteroatoms. The molecule has 0 aliphatic heterocycles.